The van der Waals surface area contributed by atoms with Gasteiger partial charge in [0.2, 0.25) is 5.76 Å². The number of benzene rings is 1. The molecule has 3 unspecified atom stereocenters. The van der Waals surface area contributed by atoms with Crippen LogP contribution in [-0.4, -0.2) is 39.6 Å². The molecule has 2 aromatic rings. The highest BCUT2D eigenvalue weighted by atomic mass is 35.5. The Hall–Kier alpha value is -2.34. The highest BCUT2D eigenvalue weighted by Crippen LogP contribution is 2.42. The van der Waals surface area contributed by atoms with Gasteiger partial charge >= 0.3 is 5.97 Å². The fraction of sp³-hybridized carbons (Fsp3) is 0.389. The summed E-state index contributed by atoms with van der Waals surface area (Å²) in [6.45, 7) is 0.466. The molecule has 1 amide bonds. The van der Waals surface area contributed by atoms with Crippen molar-refractivity contribution in [3.8, 4) is 11.3 Å². The number of nitrogens with zero attached hydrogens (tertiary/aromatic N) is 2. The summed E-state index contributed by atoms with van der Waals surface area (Å²) in [4.78, 5) is 25.9. The van der Waals surface area contributed by atoms with Crippen LogP contribution in [0.5, 0.6) is 0 Å². The van der Waals surface area contributed by atoms with Crippen LogP contribution in [0.25, 0.3) is 11.3 Å². The normalized spacial score (nSPS) is 25.2. The first-order valence-electron chi connectivity index (χ1n) is 8.31. The van der Waals surface area contributed by atoms with Crippen LogP contribution in [0.2, 0.25) is 5.02 Å². The third-order valence-corrected chi connectivity index (χ3v) is 5.48. The molecule has 0 radical (unpaired) electrons. The maximum atomic E-state index is 12.8. The maximum Gasteiger partial charge on any atom is 0.326 e. The average molecular weight is 361 g/mol. The molecule has 0 spiro atoms. The molecule has 0 bridgehead atoms. The van der Waals surface area contributed by atoms with E-state index in [9.17, 15) is 14.7 Å². The number of carbonyl (C=O) groups is 2. The standard InChI is InChI=1S/C18H17ClN2O4/c19-12-5-1-3-10(7-12)14-8-15(25-20-14)17(22)21-9-11-4-2-6-13(11)16(21)18(23)24/h1,3,5,7-8,11,13,16H,2,4,6,9H2,(H,23,24). The van der Waals surface area contributed by atoms with E-state index in [2.05, 4.69) is 5.16 Å². The summed E-state index contributed by atoms with van der Waals surface area (Å²) >= 11 is 5.98. The second-order valence-electron chi connectivity index (χ2n) is 6.68. The molecule has 1 aliphatic carbocycles. The number of hydrogen-bond donors (Lipinski definition) is 1. The largest absolute Gasteiger partial charge is 0.480 e. The van der Waals surface area contributed by atoms with E-state index in [1.807, 2.05) is 6.07 Å². The number of aromatic nitrogens is 1. The van der Waals surface area contributed by atoms with Gasteiger partial charge in [-0.15, -0.1) is 0 Å². The lowest BCUT2D eigenvalue weighted by atomic mass is 9.94. The number of likely N-dealkylation sites (tertiary alicyclic amines) is 1. The average Bonchev–Trinajstić information content (AvgIpc) is 3.29. The molecule has 1 aromatic carbocycles. The number of carboxylic acid groups (broad SMARTS) is 1. The van der Waals surface area contributed by atoms with Gasteiger partial charge in [-0.1, -0.05) is 35.3 Å². The van der Waals surface area contributed by atoms with Gasteiger partial charge in [-0.25, -0.2) is 4.79 Å². The van der Waals surface area contributed by atoms with Gasteiger partial charge in [0.05, 0.1) is 0 Å². The number of aliphatic carboxylic acids is 1. The van der Waals surface area contributed by atoms with E-state index >= 15 is 0 Å². The van der Waals surface area contributed by atoms with Crippen molar-refractivity contribution in [2.45, 2.75) is 25.3 Å². The summed E-state index contributed by atoms with van der Waals surface area (Å²) in [5.41, 5.74) is 1.24. The third kappa shape index (κ3) is 2.80. The van der Waals surface area contributed by atoms with E-state index in [-0.39, 0.29) is 17.6 Å². The maximum absolute atomic E-state index is 12.8. The molecule has 1 N–H and O–H groups in total. The Balaban J connectivity index is 1.60. The Morgan fingerprint density at radius 3 is 2.88 bits per heavy atom. The van der Waals surface area contributed by atoms with Crippen molar-refractivity contribution in [3.63, 3.8) is 0 Å². The molecule has 2 aliphatic rings. The molecule has 1 saturated carbocycles. The first-order chi connectivity index (χ1) is 12.0. The van der Waals surface area contributed by atoms with Gasteiger partial charge in [-0.05, 0) is 36.8 Å². The molecule has 1 aromatic heterocycles. The van der Waals surface area contributed by atoms with Crippen molar-refractivity contribution in [1.29, 1.82) is 0 Å². The molecule has 7 heteroatoms. The molecule has 6 nitrogen and oxygen atoms in total. The molecule has 130 valence electrons. The van der Waals surface area contributed by atoms with Gasteiger partial charge in [0, 0.05) is 23.2 Å². The lowest BCUT2D eigenvalue weighted by molar-refractivity contribution is -0.142. The summed E-state index contributed by atoms with van der Waals surface area (Å²) in [5, 5.41) is 14.1. The van der Waals surface area contributed by atoms with Crippen molar-refractivity contribution in [2.24, 2.45) is 11.8 Å². The molecule has 2 heterocycles. The fourth-order valence-electron chi connectivity index (χ4n) is 4.13. The first kappa shape index (κ1) is 16.1. The van der Waals surface area contributed by atoms with E-state index < -0.39 is 17.9 Å². The number of hydrogen-bond acceptors (Lipinski definition) is 4. The van der Waals surface area contributed by atoms with E-state index in [0.29, 0.717) is 17.3 Å². The zero-order valence-electron chi connectivity index (χ0n) is 13.4. The third-order valence-electron chi connectivity index (χ3n) is 5.25. The first-order valence-corrected chi connectivity index (χ1v) is 8.69. The molecule has 2 fully saturated rings. The Bertz CT molecular complexity index is 834. The molecular weight excluding hydrogens is 344 g/mol. The fourth-order valence-corrected chi connectivity index (χ4v) is 4.32. The minimum Gasteiger partial charge on any atom is -0.480 e. The minimum absolute atomic E-state index is 0.0387. The van der Waals surface area contributed by atoms with Crippen LogP contribution in [0.4, 0.5) is 0 Å². The number of carbonyl (C=O) groups excluding carboxylic acids is 1. The van der Waals surface area contributed by atoms with Crippen LogP contribution < -0.4 is 0 Å². The van der Waals surface area contributed by atoms with E-state index in [0.717, 1.165) is 24.8 Å². The lowest BCUT2D eigenvalue weighted by Crippen LogP contribution is -2.43. The predicted octanol–water partition coefficient (Wildman–Crippen LogP) is 3.32. The quantitative estimate of drug-likeness (QED) is 0.907. The smallest absolute Gasteiger partial charge is 0.326 e. The topological polar surface area (TPSA) is 83.6 Å². The van der Waals surface area contributed by atoms with Crippen LogP contribution in [0, 0.1) is 11.8 Å². The molecular formula is C18H17ClN2O4. The Morgan fingerprint density at radius 2 is 2.12 bits per heavy atom. The Labute approximate surface area is 149 Å². The van der Waals surface area contributed by atoms with E-state index in [4.69, 9.17) is 16.1 Å². The van der Waals surface area contributed by atoms with Crippen LogP contribution >= 0.6 is 11.6 Å². The Kier molecular flexibility index (Phi) is 4.00. The summed E-state index contributed by atoms with van der Waals surface area (Å²) < 4.78 is 5.21. The van der Waals surface area contributed by atoms with Crippen LogP contribution in [0.15, 0.2) is 34.9 Å². The monoisotopic (exact) mass is 360 g/mol. The van der Waals surface area contributed by atoms with Gasteiger partial charge in [0.25, 0.3) is 5.91 Å². The van der Waals surface area contributed by atoms with Crippen LogP contribution in [0.3, 0.4) is 0 Å². The van der Waals surface area contributed by atoms with Crippen molar-refractivity contribution in [1.82, 2.24) is 10.1 Å². The van der Waals surface area contributed by atoms with Crippen LogP contribution in [-0.2, 0) is 4.79 Å². The second kappa shape index (κ2) is 6.19. The van der Waals surface area contributed by atoms with Crippen molar-refractivity contribution in [2.75, 3.05) is 6.54 Å². The predicted molar refractivity (Wildman–Crippen MR) is 90.2 cm³/mol. The number of carboxylic acids is 1. The summed E-state index contributed by atoms with van der Waals surface area (Å²) in [6, 6.07) is 7.85. The SMILES string of the molecule is O=C(O)C1C2CCCC2CN1C(=O)c1cc(-c2cccc(Cl)c2)no1. The molecule has 1 aliphatic heterocycles. The molecule has 1 saturated heterocycles. The number of rotatable bonds is 3. The van der Waals surface area contributed by atoms with E-state index in [1.54, 1.807) is 24.3 Å². The lowest BCUT2D eigenvalue weighted by Gasteiger charge is -2.23. The Morgan fingerprint density at radius 1 is 1.28 bits per heavy atom. The van der Waals surface area contributed by atoms with E-state index in [1.165, 1.54) is 4.90 Å². The van der Waals surface area contributed by atoms with Gasteiger partial charge in [-0.2, -0.15) is 0 Å². The van der Waals surface area contributed by atoms with Crippen LogP contribution in [0.1, 0.15) is 29.8 Å². The van der Waals surface area contributed by atoms with Crippen molar-refractivity contribution >= 4 is 23.5 Å². The highest BCUT2D eigenvalue weighted by molar-refractivity contribution is 6.30. The molecule has 4 rings (SSSR count). The van der Waals surface area contributed by atoms with Gasteiger partial charge in [-0.3, -0.25) is 4.79 Å². The summed E-state index contributed by atoms with van der Waals surface area (Å²) in [7, 11) is 0. The van der Waals surface area contributed by atoms with Gasteiger partial charge in [0.15, 0.2) is 0 Å². The van der Waals surface area contributed by atoms with Gasteiger partial charge < -0.3 is 14.5 Å². The number of fused-ring (bicyclic) bond motifs is 1. The zero-order chi connectivity index (χ0) is 17.6. The van der Waals surface area contributed by atoms with Crippen molar-refractivity contribution in [3.05, 3.63) is 41.1 Å². The molecule has 3 atom stereocenters. The van der Waals surface area contributed by atoms with Gasteiger partial charge in [0.1, 0.15) is 11.7 Å². The molecule has 25 heavy (non-hydrogen) atoms. The number of halogens is 1. The van der Waals surface area contributed by atoms with Crippen molar-refractivity contribution < 1.29 is 19.2 Å². The summed E-state index contributed by atoms with van der Waals surface area (Å²) in [6.07, 6.45) is 2.86. The zero-order valence-corrected chi connectivity index (χ0v) is 14.1. The highest BCUT2D eigenvalue weighted by Gasteiger charge is 2.50. The second-order valence-corrected chi connectivity index (χ2v) is 7.12. The summed E-state index contributed by atoms with van der Waals surface area (Å²) in [5.74, 6) is -1.00. The number of amides is 1. The minimum atomic E-state index is -0.947.